The Labute approximate surface area is 208 Å². The predicted molar refractivity (Wildman–Crippen MR) is 134 cm³/mol. The minimum atomic E-state index is -0.977. The number of rotatable bonds is 5. The second-order valence-electron chi connectivity index (χ2n) is 9.55. The molecule has 0 bridgehead atoms. The van der Waals surface area contributed by atoms with Crippen molar-refractivity contribution in [2.75, 3.05) is 13.2 Å². The molecule has 2 aromatic carbocycles. The van der Waals surface area contributed by atoms with Gasteiger partial charge in [-0.25, -0.2) is 19.0 Å². The van der Waals surface area contributed by atoms with E-state index in [0.29, 0.717) is 22.9 Å². The van der Waals surface area contributed by atoms with Gasteiger partial charge in [0, 0.05) is 5.39 Å². The molecule has 1 fully saturated rings. The van der Waals surface area contributed by atoms with Gasteiger partial charge in [0.2, 0.25) is 0 Å². The number of carbonyl (C=O) groups is 3. The molecule has 8 heteroatoms. The van der Waals surface area contributed by atoms with Crippen LogP contribution in [0.25, 0.3) is 22.6 Å². The zero-order valence-electron chi connectivity index (χ0n) is 20.1. The summed E-state index contributed by atoms with van der Waals surface area (Å²) in [5.74, 6) is -1.17. The number of halogens is 1. The Hall–Kier alpha value is -4.07. The number of carbonyl (C=O) groups excluding carboxylic acids is 3. The van der Waals surface area contributed by atoms with Crippen molar-refractivity contribution < 1.29 is 23.5 Å². The second-order valence-corrected chi connectivity index (χ2v) is 9.55. The molecular weight excluding hydrogens is 461 g/mol. The summed E-state index contributed by atoms with van der Waals surface area (Å²) in [6.07, 6.45) is 4.26. The fourth-order valence-electron chi connectivity index (χ4n) is 4.79. The van der Waals surface area contributed by atoms with E-state index in [1.807, 2.05) is 30.3 Å². The average Bonchev–Trinajstić information content (AvgIpc) is 3.05. The predicted octanol–water partition coefficient (Wildman–Crippen LogP) is 4.74. The molecule has 7 nitrogen and oxygen atoms in total. The monoisotopic (exact) mass is 487 g/mol. The van der Waals surface area contributed by atoms with Crippen LogP contribution >= 0.6 is 0 Å². The summed E-state index contributed by atoms with van der Waals surface area (Å²) in [5, 5.41) is 3.31. The molecule has 36 heavy (non-hydrogen) atoms. The van der Waals surface area contributed by atoms with Gasteiger partial charge in [0.05, 0.1) is 23.3 Å². The van der Waals surface area contributed by atoms with E-state index in [0.717, 1.165) is 40.1 Å². The van der Waals surface area contributed by atoms with E-state index in [-0.39, 0.29) is 24.9 Å². The SMILES string of the molecule is CC1(C)NC(=O)N(CCOC(=O)c2c3c(nc4ccccc24)/C(=C/c2ccc(F)cc2)CCC3)C1=O. The maximum absolute atomic E-state index is 13.4. The minimum absolute atomic E-state index is 0.0270. The third kappa shape index (κ3) is 4.34. The third-order valence-electron chi connectivity index (χ3n) is 6.58. The summed E-state index contributed by atoms with van der Waals surface area (Å²) in [6, 6.07) is 13.2. The van der Waals surface area contributed by atoms with Crippen molar-refractivity contribution in [2.45, 2.75) is 38.6 Å². The van der Waals surface area contributed by atoms with Crippen molar-refractivity contribution in [3.63, 3.8) is 0 Å². The molecule has 1 aliphatic heterocycles. The highest BCUT2D eigenvalue weighted by Crippen LogP contribution is 2.36. The lowest BCUT2D eigenvalue weighted by atomic mass is 9.86. The number of hydrogen-bond acceptors (Lipinski definition) is 5. The number of nitrogens with one attached hydrogen (secondary N) is 1. The van der Waals surface area contributed by atoms with Crippen molar-refractivity contribution >= 4 is 40.5 Å². The topological polar surface area (TPSA) is 88.6 Å². The Balaban J connectivity index is 1.46. The van der Waals surface area contributed by atoms with Crippen molar-refractivity contribution in [3.8, 4) is 0 Å². The average molecular weight is 488 g/mol. The van der Waals surface area contributed by atoms with E-state index in [1.54, 1.807) is 26.0 Å². The first kappa shape index (κ1) is 23.7. The highest BCUT2D eigenvalue weighted by atomic mass is 19.1. The molecule has 0 radical (unpaired) electrons. The van der Waals surface area contributed by atoms with Crippen LogP contribution in [0.15, 0.2) is 48.5 Å². The van der Waals surface area contributed by atoms with Crippen LogP contribution in [0, 0.1) is 5.82 Å². The molecule has 0 atom stereocenters. The van der Waals surface area contributed by atoms with Crippen molar-refractivity contribution in [1.29, 1.82) is 0 Å². The molecule has 0 spiro atoms. The molecule has 5 rings (SSSR count). The Morgan fingerprint density at radius 2 is 1.89 bits per heavy atom. The van der Waals surface area contributed by atoms with Crippen molar-refractivity contribution in [1.82, 2.24) is 15.2 Å². The number of ether oxygens (including phenoxy) is 1. The summed E-state index contributed by atoms with van der Waals surface area (Å²) in [6.45, 7) is 3.12. The summed E-state index contributed by atoms with van der Waals surface area (Å²) in [5.41, 5.74) is 3.54. The fourth-order valence-corrected chi connectivity index (χ4v) is 4.79. The number of amides is 3. The van der Waals surface area contributed by atoms with Gasteiger partial charge in [-0.2, -0.15) is 0 Å². The number of benzene rings is 2. The van der Waals surface area contributed by atoms with Crippen LogP contribution in [-0.2, 0) is 16.0 Å². The Morgan fingerprint density at radius 3 is 2.61 bits per heavy atom. The smallest absolute Gasteiger partial charge is 0.339 e. The zero-order chi connectivity index (χ0) is 25.4. The van der Waals surface area contributed by atoms with Crippen LogP contribution in [0.3, 0.4) is 0 Å². The number of pyridine rings is 1. The Bertz CT molecular complexity index is 1410. The lowest BCUT2D eigenvalue weighted by Gasteiger charge is -2.23. The standard InChI is InChI=1S/C28H26FN3O4/c1-28(2)26(34)32(27(35)31-28)14-15-36-25(33)23-20-7-3-4-9-22(20)30-24-18(6-5-8-21(23)24)16-17-10-12-19(29)13-11-17/h3-4,7,9-13,16H,5-6,8,14-15H2,1-2H3,(H,31,35)/b18-16+. The van der Waals surface area contributed by atoms with Gasteiger partial charge in [-0.3, -0.25) is 9.69 Å². The van der Waals surface area contributed by atoms with Gasteiger partial charge in [0.1, 0.15) is 18.0 Å². The molecular formula is C28H26FN3O4. The summed E-state index contributed by atoms with van der Waals surface area (Å²) < 4.78 is 19.0. The van der Waals surface area contributed by atoms with Gasteiger partial charge in [0.15, 0.2) is 0 Å². The first-order valence-electron chi connectivity index (χ1n) is 11.9. The zero-order valence-corrected chi connectivity index (χ0v) is 20.1. The van der Waals surface area contributed by atoms with Gasteiger partial charge >= 0.3 is 12.0 Å². The van der Waals surface area contributed by atoms with Crippen LogP contribution in [0.4, 0.5) is 9.18 Å². The van der Waals surface area contributed by atoms with Crippen molar-refractivity contribution in [3.05, 3.63) is 76.7 Å². The van der Waals surface area contributed by atoms with Crippen LogP contribution in [-0.4, -0.2) is 46.5 Å². The van der Waals surface area contributed by atoms with E-state index in [2.05, 4.69) is 5.32 Å². The maximum atomic E-state index is 13.4. The largest absolute Gasteiger partial charge is 0.460 e. The summed E-state index contributed by atoms with van der Waals surface area (Å²) >= 11 is 0. The molecule has 3 amide bonds. The number of allylic oxidation sites excluding steroid dienone is 1. The normalized spacial score (nSPS) is 17.9. The second kappa shape index (κ2) is 9.18. The van der Waals surface area contributed by atoms with Crippen molar-refractivity contribution in [2.24, 2.45) is 0 Å². The minimum Gasteiger partial charge on any atom is -0.460 e. The van der Waals surface area contributed by atoms with Crippen LogP contribution < -0.4 is 5.32 Å². The third-order valence-corrected chi connectivity index (χ3v) is 6.58. The highest BCUT2D eigenvalue weighted by molar-refractivity contribution is 6.07. The van der Waals surface area contributed by atoms with E-state index in [1.165, 1.54) is 12.1 Å². The molecule has 0 unspecified atom stereocenters. The Morgan fingerprint density at radius 1 is 1.14 bits per heavy atom. The van der Waals surface area contributed by atoms with Crippen LogP contribution in [0.5, 0.6) is 0 Å². The van der Waals surface area contributed by atoms with Gasteiger partial charge in [0.25, 0.3) is 5.91 Å². The van der Waals surface area contributed by atoms with Crippen LogP contribution in [0.1, 0.15) is 53.9 Å². The number of esters is 1. The van der Waals surface area contributed by atoms with E-state index in [4.69, 9.17) is 9.72 Å². The lowest BCUT2D eigenvalue weighted by molar-refractivity contribution is -0.130. The van der Waals surface area contributed by atoms with Gasteiger partial charge in [-0.15, -0.1) is 0 Å². The highest BCUT2D eigenvalue weighted by Gasteiger charge is 2.44. The first-order valence-corrected chi connectivity index (χ1v) is 11.9. The molecule has 1 aromatic heterocycles. The fraction of sp³-hybridized carbons (Fsp3) is 0.286. The molecule has 1 saturated heterocycles. The first-order chi connectivity index (χ1) is 17.2. The van der Waals surface area contributed by atoms with E-state index in [9.17, 15) is 18.8 Å². The van der Waals surface area contributed by atoms with E-state index < -0.39 is 17.5 Å². The number of para-hydroxylation sites is 1. The molecule has 2 aliphatic rings. The van der Waals surface area contributed by atoms with Gasteiger partial charge in [-0.05, 0) is 74.1 Å². The van der Waals surface area contributed by atoms with Gasteiger partial charge < -0.3 is 10.1 Å². The summed E-state index contributed by atoms with van der Waals surface area (Å²) in [4.78, 5) is 43.9. The maximum Gasteiger partial charge on any atom is 0.339 e. The number of imide groups is 1. The molecule has 1 aliphatic carbocycles. The molecule has 1 N–H and O–H groups in total. The molecule has 2 heterocycles. The molecule has 3 aromatic rings. The number of fused-ring (bicyclic) bond motifs is 2. The Kier molecular flexibility index (Phi) is 6.04. The number of nitrogens with zero attached hydrogens (tertiary/aromatic N) is 2. The number of hydrogen-bond donors (Lipinski definition) is 1. The quantitative estimate of drug-likeness (QED) is 0.415. The van der Waals surface area contributed by atoms with Gasteiger partial charge in [-0.1, -0.05) is 30.3 Å². The van der Waals surface area contributed by atoms with Crippen LogP contribution in [0.2, 0.25) is 0 Å². The number of urea groups is 1. The van der Waals surface area contributed by atoms with E-state index >= 15 is 0 Å². The summed E-state index contributed by atoms with van der Waals surface area (Å²) in [7, 11) is 0. The molecule has 184 valence electrons. The molecule has 0 saturated carbocycles. The number of aromatic nitrogens is 1. The lowest BCUT2D eigenvalue weighted by Crippen LogP contribution is -2.40.